The van der Waals surface area contributed by atoms with Gasteiger partial charge in [-0.25, -0.2) is 0 Å². The van der Waals surface area contributed by atoms with Crippen molar-refractivity contribution in [3.8, 4) is 0 Å². The van der Waals surface area contributed by atoms with Crippen LogP contribution in [0.4, 0.5) is 0 Å². The minimum absolute atomic E-state index is 0.438. The van der Waals surface area contributed by atoms with Crippen molar-refractivity contribution >= 4 is 51.2 Å². The highest BCUT2D eigenvalue weighted by Gasteiger charge is 2.24. The highest BCUT2D eigenvalue weighted by atomic mass is 127. The van der Waals surface area contributed by atoms with Crippen LogP contribution in [0.2, 0.25) is 0 Å². The van der Waals surface area contributed by atoms with Crippen LogP contribution in [0, 0.1) is 7.14 Å². The molecule has 0 amide bonds. The summed E-state index contributed by atoms with van der Waals surface area (Å²) in [7, 11) is 0. The number of benzene rings is 1. The number of carboxylic acid groups (broad SMARTS) is 1. The summed E-state index contributed by atoms with van der Waals surface area (Å²) in [6, 6.07) is 3.75. The van der Waals surface area contributed by atoms with E-state index in [0.717, 1.165) is 5.56 Å². The average molecular weight is 429 g/mol. The molecule has 0 saturated carbocycles. The van der Waals surface area contributed by atoms with Gasteiger partial charge in [-0.3, -0.25) is 10.1 Å². The van der Waals surface area contributed by atoms with Gasteiger partial charge in [0, 0.05) is 13.7 Å². The van der Waals surface area contributed by atoms with E-state index in [0.29, 0.717) is 13.0 Å². The molecule has 1 aromatic rings. The first-order valence-corrected chi connectivity index (χ1v) is 6.66. The number of hydrogen-bond acceptors (Lipinski definition) is 2. The van der Waals surface area contributed by atoms with Crippen LogP contribution in [0.1, 0.15) is 11.1 Å². The maximum absolute atomic E-state index is 10.9. The van der Waals surface area contributed by atoms with Crippen molar-refractivity contribution in [1.82, 2.24) is 5.32 Å². The second-order valence-electron chi connectivity index (χ2n) is 3.50. The van der Waals surface area contributed by atoms with Crippen LogP contribution in [-0.4, -0.2) is 17.1 Å². The number of nitrogens with one attached hydrogen (secondary N) is 1. The molecule has 1 unspecified atom stereocenters. The number of carbonyl (C=O) groups is 1. The Morgan fingerprint density at radius 2 is 2.20 bits per heavy atom. The highest BCUT2D eigenvalue weighted by molar-refractivity contribution is 14.1. The van der Waals surface area contributed by atoms with E-state index in [-0.39, 0.29) is 0 Å². The minimum atomic E-state index is -0.769. The number of halogens is 2. The summed E-state index contributed by atoms with van der Waals surface area (Å²) in [6.45, 7) is 0.654. The lowest BCUT2D eigenvalue weighted by atomic mass is 9.96. The molecule has 1 aromatic carbocycles. The van der Waals surface area contributed by atoms with Crippen molar-refractivity contribution < 1.29 is 9.90 Å². The largest absolute Gasteiger partial charge is 0.480 e. The van der Waals surface area contributed by atoms with Gasteiger partial charge in [-0.15, -0.1) is 0 Å². The Balaban J connectivity index is 2.37. The molecule has 1 aliphatic heterocycles. The van der Waals surface area contributed by atoms with Gasteiger partial charge in [0.15, 0.2) is 0 Å². The zero-order valence-corrected chi connectivity index (χ0v) is 12.1. The van der Waals surface area contributed by atoms with Gasteiger partial charge in [-0.05, 0) is 74.9 Å². The van der Waals surface area contributed by atoms with Crippen molar-refractivity contribution in [2.75, 3.05) is 0 Å². The minimum Gasteiger partial charge on any atom is -0.480 e. The lowest BCUT2D eigenvalue weighted by Gasteiger charge is -2.24. The quantitative estimate of drug-likeness (QED) is 0.672. The molecule has 0 fully saturated rings. The molecule has 0 bridgehead atoms. The maximum atomic E-state index is 10.9. The predicted molar refractivity (Wildman–Crippen MR) is 73.8 cm³/mol. The fourth-order valence-electron chi connectivity index (χ4n) is 1.73. The van der Waals surface area contributed by atoms with Crippen LogP contribution in [-0.2, 0) is 17.8 Å². The molecule has 0 spiro atoms. The van der Waals surface area contributed by atoms with Crippen LogP contribution in [0.25, 0.3) is 0 Å². The standard InChI is InChI=1S/C10H9I2NO2/c11-6-1-5-2-9(10(14)15)13-4-7(5)8(12)3-6/h1,3,9,13H,2,4H2,(H,14,15). The first-order valence-electron chi connectivity index (χ1n) is 4.51. The van der Waals surface area contributed by atoms with E-state index in [9.17, 15) is 4.79 Å². The molecule has 2 rings (SSSR count). The molecular weight excluding hydrogens is 420 g/mol. The first-order chi connectivity index (χ1) is 7.08. The lowest BCUT2D eigenvalue weighted by Crippen LogP contribution is -2.42. The number of rotatable bonds is 1. The third-order valence-electron chi connectivity index (χ3n) is 2.50. The molecule has 5 heteroatoms. The van der Waals surface area contributed by atoms with Crippen molar-refractivity contribution in [2.45, 2.75) is 19.0 Å². The second-order valence-corrected chi connectivity index (χ2v) is 5.91. The van der Waals surface area contributed by atoms with Gasteiger partial charge in [0.1, 0.15) is 6.04 Å². The summed E-state index contributed by atoms with van der Waals surface area (Å²) >= 11 is 4.56. The normalized spacial score (nSPS) is 19.7. The third kappa shape index (κ3) is 2.44. The molecule has 0 aromatic heterocycles. The Hall–Kier alpha value is 0.110. The zero-order chi connectivity index (χ0) is 11.0. The second kappa shape index (κ2) is 4.54. The van der Waals surface area contributed by atoms with Gasteiger partial charge in [0.25, 0.3) is 0 Å². The molecule has 3 nitrogen and oxygen atoms in total. The fraction of sp³-hybridized carbons (Fsp3) is 0.300. The monoisotopic (exact) mass is 429 g/mol. The summed E-state index contributed by atoms with van der Waals surface area (Å²) in [5.74, 6) is -0.769. The Morgan fingerprint density at radius 1 is 1.47 bits per heavy atom. The number of hydrogen-bond donors (Lipinski definition) is 2. The molecule has 80 valence electrons. The smallest absolute Gasteiger partial charge is 0.321 e. The Kier molecular flexibility index (Phi) is 3.51. The van der Waals surface area contributed by atoms with Gasteiger partial charge in [0.2, 0.25) is 0 Å². The van der Waals surface area contributed by atoms with Crippen molar-refractivity contribution in [2.24, 2.45) is 0 Å². The van der Waals surface area contributed by atoms with E-state index in [1.807, 2.05) is 0 Å². The van der Waals surface area contributed by atoms with E-state index in [1.54, 1.807) is 0 Å². The molecule has 0 radical (unpaired) electrons. The van der Waals surface area contributed by atoms with Gasteiger partial charge in [-0.2, -0.15) is 0 Å². The van der Waals surface area contributed by atoms with E-state index in [1.165, 1.54) is 12.7 Å². The highest BCUT2D eigenvalue weighted by Crippen LogP contribution is 2.25. The predicted octanol–water partition coefficient (Wildman–Crippen LogP) is 1.99. The van der Waals surface area contributed by atoms with Crippen molar-refractivity contribution in [3.63, 3.8) is 0 Å². The van der Waals surface area contributed by atoms with Gasteiger partial charge >= 0.3 is 5.97 Å². The zero-order valence-electron chi connectivity index (χ0n) is 7.76. The van der Waals surface area contributed by atoms with E-state index < -0.39 is 12.0 Å². The molecule has 15 heavy (non-hydrogen) atoms. The number of aliphatic carboxylic acids is 1. The average Bonchev–Trinajstić information content (AvgIpc) is 2.16. The molecule has 1 heterocycles. The third-order valence-corrected chi connectivity index (χ3v) is 4.09. The van der Waals surface area contributed by atoms with E-state index in [2.05, 4.69) is 62.6 Å². The molecule has 1 aliphatic rings. The van der Waals surface area contributed by atoms with Crippen LogP contribution in [0.3, 0.4) is 0 Å². The molecular formula is C10H9I2NO2. The molecule has 2 N–H and O–H groups in total. The van der Waals surface area contributed by atoms with Gasteiger partial charge in [-0.1, -0.05) is 0 Å². The van der Waals surface area contributed by atoms with Gasteiger partial charge < -0.3 is 5.11 Å². The molecule has 0 saturated heterocycles. The summed E-state index contributed by atoms with van der Waals surface area (Å²) in [5.41, 5.74) is 2.41. The summed E-state index contributed by atoms with van der Waals surface area (Å²) in [6.07, 6.45) is 0.581. The first kappa shape index (κ1) is 11.6. The summed E-state index contributed by atoms with van der Waals surface area (Å²) in [4.78, 5) is 10.9. The lowest BCUT2D eigenvalue weighted by molar-refractivity contribution is -0.139. The van der Waals surface area contributed by atoms with Crippen LogP contribution < -0.4 is 5.32 Å². The van der Waals surface area contributed by atoms with Crippen LogP contribution in [0.5, 0.6) is 0 Å². The van der Waals surface area contributed by atoms with Crippen molar-refractivity contribution in [1.29, 1.82) is 0 Å². The van der Waals surface area contributed by atoms with Crippen molar-refractivity contribution in [3.05, 3.63) is 30.4 Å². The number of carboxylic acids is 1. The molecule has 0 aliphatic carbocycles. The Bertz CT molecular complexity index is 420. The SMILES string of the molecule is O=C(O)C1Cc2cc(I)cc(I)c2CN1. The topological polar surface area (TPSA) is 49.3 Å². The summed E-state index contributed by atoms with van der Waals surface area (Å²) in [5, 5.41) is 12.0. The van der Waals surface area contributed by atoms with Crippen LogP contribution in [0.15, 0.2) is 12.1 Å². The van der Waals surface area contributed by atoms with Crippen LogP contribution >= 0.6 is 45.2 Å². The summed E-state index contributed by atoms with van der Waals surface area (Å²) < 4.78 is 2.38. The fourth-order valence-corrected chi connectivity index (χ4v) is 3.88. The number of fused-ring (bicyclic) bond motifs is 1. The maximum Gasteiger partial charge on any atom is 0.321 e. The van der Waals surface area contributed by atoms with E-state index in [4.69, 9.17) is 5.11 Å². The molecule has 1 atom stereocenters. The van der Waals surface area contributed by atoms with Gasteiger partial charge in [0.05, 0.1) is 0 Å². The van der Waals surface area contributed by atoms with E-state index >= 15 is 0 Å². The Morgan fingerprint density at radius 3 is 2.87 bits per heavy atom. The Labute approximate surface area is 115 Å².